The van der Waals surface area contributed by atoms with Crippen LogP contribution in [0.1, 0.15) is 13.3 Å². The summed E-state index contributed by atoms with van der Waals surface area (Å²) in [5.41, 5.74) is 5.43. The van der Waals surface area contributed by atoms with E-state index in [0.29, 0.717) is 5.16 Å². The maximum Gasteiger partial charge on any atom is 0.405 e. The average molecular weight is 301 g/mol. The van der Waals surface area contributed by atoms with Crippen LogP contribution in [0.4, 0.5) is 24.7 Å². The second-order valence-corrected chi connectivity index (χ2v) is 4.80. The summed E-state index contributed by atoms with van der Waals surface area (Å²) in [5, 5.41) is 2.37. The van der Waals surface area contributed by atoms with Crippen LogP contribution in [0.3, 0.4) is 0 Å². The lowest BCUT2D eigenvalue weighted by molar-refractivity contribution is -0.115. The molecule has 18 heavy (non-hydrogen) atoms. The number of hydrogen-bond donors (Lipinski definition) is 2. The molecule has 0 spiro atoms. The predicted octanol–water partition coefficient (Wildman–Crippen LogP) is 3.19. The molecule has 102 valence electrons. The molecule has 1 aromatic rings. The maximum absolute atomic E-state index is 12.1. The van der Waals surface area contributed by atoms with Gasteiger partial charge >= 0.3 is 6.18 Å². The Labute approximate surface area is 112 Å². The standard InChI is InChI=1S/C9H12ClF3N4S/c1-2-3-18-8-16-6(10)5(14)7(17-8)15-4-9(11,12)13/h2-4,14H2,1H3,(H,15,16,17). The molecule has 0 aliphatic rings. The highest BCUT2D eigenvalue weighted by Gasteiger charge is 2.27. The van der Waals surface area contributed by atoms with Crippen molar-refractivity contribution in [3.63, 3.8) is 0 Å². The number of nitrogens with two attached hydrogens (primary N) is 1. The molecule has 0 radical (unpaired) electrons. The van der Waals surface area contributed by atoms with Gasteiger partial charge in [-0.05, 0) is 6.42 Å². The smallest absolute Gasteiger partial charge is 0.393 e. The number of nitrogens with one attached hydrogen (secondary N) is 1. The molecule has 0 amide bonds. The number of halogens is 4. The fourth-order valence-corrected chi connectivity index (χ4v) is 1.92. The van der Waals surface area contributed by atoms with Gasteiger partial charge in [-0.3, -0.25) is 0 Å². The van der Waals surface area contributed by atoms with Gasteiger partial charge in [0.25, 0.3) is 0 Å². The lowest BCUT2D eigenvalue weighted by atomic mass is 10.4. The Hall–Kier alpha value is -0.890. The van der Waals surface area contributed by atoms with Crippen molar-refractivity contribution >= 4 is 34.9 Å². The van der Waals surface area contributed by atoms with Crippen molar-refractivity contribution in [2.75, 3.05) is 23.3 Å². The molecule has 3 N–H and O–H groups in total. The summed E-state index contributed by atoms with van der Waals surface area (Å²) in [5.74, 6) is 0.657. The van der Waals surface area contributed by atoms with E-state index in [1.807, 2.05) is 6.92 Å². The van der Waals surface area contributed by atoms with Crippen molar-refractivity contribution in [3.05, 3.63) is 5.15 Å². The molecule has 0 aromatic carbocycles. The quantitative estimate of drug-likeness (QED) is 0.497. The van der Waals surface area contributed by atoms with Crippen LogP contribution in [0.2, 0.25) is 5.15 Å². The lowest BCUT2D eigenvalue weighted by Gasteiger charge is -2.12. The molecule has 0 bridgehead atoms. The van der Waals surface area contributed by atoms with Crippen LogP contribution in [0.15, 0.2) is 5.16 Å². The van der Waals surface area contributed by atoms with E-state index < -0.39 is 12.7 Å². The van der Waals surface area contributed by atoms with E-state index in [2.05, 4.69) is 15.3 Å². The first-order valence-corrected chi connectivity index (χ1v) is 6.46. The van der Waals surface area contributed by atoms with Crippen molar-refractivity contribution in [1.82, 2.24) is 9.97 Å². The van der Waals surface area contributed by atoms with Gasteiger partial charge in [0, 0.05) is 5.75 Å². The highest BCUT2D eigenvalue weighted by atomic mass is 35.5. The van der Waals surface area contributed by atoms with Crippen molar-refractivity contribution in [2.24, 2.45) is 0 Å². The minimum atomic E-state index is -4.35. The lowest BCUT2D eigenvalue weighted by Crippen LogP contribution is -2.22. The summed E-state index contributed by atoms with van der Waals surface area (Å²) in [6, 6.07) is 0. The van der Waals surface area contributed by atoms with Gasteiger partial charge in [-0.15, -0.1) is 0 Å². The second kappa shape index (κ2) is 6.33. The van der Waals surface area contributed by atoms with Gasteiger partial charge in [-0.25, -0.2) is 9.97 Å². The normalized spacial score (nSPS) is 11.6. The van der Waals surface area contributed by atoms with Gasteiger partial charge in [0.15, 0.2) is 16.1 Å². The Kier molecular flexibility index (Phi) is 5.33. The van der Waals surface area contributed by atoms with Crippen LogP contribution in [-0.2, 0) is 0 Å². The largest absolute Gasteiger partial charge is 0.405 e. The fraction of sp³-hybridized carbons (Fsp3) is 0.556. The Balaban J connectivity index is 2.85. The molecule has 0 saturated carbocycles. The van der Waals surface area contributed by atoms with Crippen LogP contribution in [0, 0.1) is 0 Å². The molecule has 4 nitrogen and oxygen atoms in total. The molecule has 0 aliphatic carbocycles. The zero-order valence-electron chi connectivity index (χ0n) is 9.51. The number of nitrogens with zero attached hydrogens (tertiary/aromatic N) is 2. The van der Waals surface area contributed by atoms with Crippen LogP contribution in [0.25, 0.3) is 0 Å². The molecule has 0 atom stereocenters. The van der Waals surface area contributed by atoms with E-state index in [0.717, 1.165) is 12.2 Å². The second-order valence-electron chi connectivity index (χ2n) is 3.38. The van der Waals surface area contributed by atoms with Crippen LogP contribution < -0.4 is 11.1 Å². The third-order valence-electron chi connectivity index (χ3n) is 1.77. The molecule has 0 aliphatic heterocycles. The van der Waals surface area contributed by atoms with Crippen molar-refractivity contribution in [3.8, 4) is 0 Å². The number of anilines is 2. The van der Waals surface area contributed by atoms with Crippen molar-refractivity contribution < 1.29 is 13.2 Å². The summed E-state index contributed by atoms with van der Waals surface area (Å²) in [7, 11) is 0. The first-order chi connectivity index (χ1) is 8.33. The third kappa shape index (κ3) is 4.77. The zero-order chi connectivity index (χ0) is 13.8. The first-order valence-electron chi connectivity index (χ1n) is 5.10. The van der Waals surface area contributed by atoms with Crippen molar-refractivity contribution in [1.29, 1.82) is 0 Å². The number of rotatable bonds is 5. The molecule has 1 aromatic heterocycles. The van der Waals surface area contributed by atoms with Gasteiger partial charge in [-0.1, -0.05) is 30.3 Å². The fourth-order valence-electron chi connectivity index (χ4n) is 0.999. The maximum atomic E-state index is 12.1. The topological polar surface area (TPSA) is 63.8 Å². The van der Waals surface area contributed by atoms with Gasteiger partial charge < -0.3 is 11.1 Å². The molecule has 0 saturated heterocycles. The van der Waals surface area contributed by atoms with E-state index in [4.69, 9.17) is 17.3 Å². The highest BCUT2D eigenvalue weighted by Crippen LogP contribution is 2.28. The summed E-state index contributed by atoms with van der Waals surface area (Å²) in [4.78, 5) is 7.79. The summed E-state index contributed by atoms with van der Waals surface area (Å²) in [6.45, 7) is 0.747. The number of thioether (sulfide) groups is 1. The van der Waals surface area contributed by atoms with E-state index in [-0.39, 0.29) is 16.7 Å². The monoisotopic (exact) mass is 300 g/mol. The molecule has 1 rings (SSSR count). The van der Waals surface area contributed by atoms with E-state index in [1.165, 1.54) is 11.8 Å². The summed E-state index contributed by atoms with van der Waals surface area (Å²) < 4.78 is 36.3. The van der Waals surface area contributed by atoms with Gasteiger partial charge in [-0.2, -0.15) is 13.2 Å². The predicted molar refractivity (Wildman–Crippen MR) is 67.0 cm³/mol. The van der Waals surface area contributed by atoms with Crippen LogP contribution in [0.5, 0.6) is 0 Å². The van der Waals surface area contributed by atoms with E-state index in [9.17, 15) is 13.2 Å². The van der Waals surface area contributed by atoms with Crippen LogP contribution >= 0.6 is 23.4 Å². The van der Waals surface area contributed by atoms with Crippen LogP contribution in [-0.4, -0.2) is 28.4 Å². The third-order valence-corrected chi connectivity index (χ3v) is 3.11. The number of nitrogen functional groups attached to an aromatic ring is 1. The first kappa shape index (κ1) is 15.2. The summed E-state index contributed by atoms with van der Waals surface area (Å²) in [6.07, 6.45) is -3.46. The van der Waals surface area contributed by atoms with Gasteiger partial charge in [0.1, 0.15) is 12.2 Å². The molecule has 0 fully saturated rings. The van der Waals surface area contributed by atoms with E-state index >= 15 is 0 Å². The molecule has 0 unspecified atom stereocenters. The van der Waals surface area contributed by atoms with E-state index in [1.54, 1.807) is 0 Å². The number of alkyl halides is 3. The minimum absolute atomic E-state index is 0.0479. The molecular formula is C9H12ClF3N4S. The average Bonchev–Trinajstić information content (AvgIpc) is 2.27. The number of hydrogen-bond acceptors (Lipinski definition) is 5. The summed E-state index contributed by atoms with van der Waals surface area (Å²) >= 11 is 7.04. The Morgan fingerprint density at radius 1 is 1.39 bits per heavy atom. The Bertz CT molecular complexity index is 414. The Morgan fingerprint density at radius 2 is 2.06 bits per heavy atom. The molecular weight excluding hydrogens is 289 g/mol. The Morgan fingerprint density at radius 3 is 2.61 bits per heavy atom. The van der Waals surface area contributed by atoms with Crippen molar-refractivity contribution in [2.45, 2.75) is 24.7 Å². The van der Waals surface area contributed by atoms with Gasteiger partial charge in [0.05, 0.1) is 0 Å². The zero-order valence-corrected chi connectivity index (χ0v) is 11.1. The minimum Gasteiger partial charge on any atom is -0.393 e. The SMILES string of the molecule is CCCSc1nc(Cl)c(N)c(NCC(F)(F)F)n1. The van der Waals surface area contributed by atoms with Gasteiger partial charge in [0.2, 0.25) is 0 Å². The molecule has 1 heterocycles. The highest BCUT2D eigenvalue weighted by molar-refractivity contribution is 7.99. The molecule has 9 heteroatoms. The number of aromatic nitrogens is 2.